The second-order valence-electron chi connectivity index (χ2n) is 6.35. The number of carbonyl (C=O) groups excluding carboxylic acids is 2. The summed E-state index contributed by atoms with van der Waals surface area (Å²) in [6.45, 7) is 0. The molecule has 0 saturated carbocycles. The summed E-state index contributed by atoms with van der Waals surface area (Å²) in [4.78, 5) is 25.4. The van der Waals surface area contributed by atoms with Crippen LogP contribution in [0.1, 0.15) is 20.7 Å². The zero-order chi connectivity index (χ0) is 25.4. The van der Waals surface area contributed by atoms with Crippen molar-refractivity contribution in [3.63, 3.8) is 0 Å². The Morgan fingerprint density at radius 3 is 1.91 bits per heavy atom. The first-order valence-electron chi connectivity index (χ1n) is 8.65. The monoisotopic (exact) mass is 1040 g/mol. The fourth-order valence-corrected chi connectivity index (χ4v) is 10.4. The van der Waals surface area contributed by atoms with Gasteiger partial charge >= 0.3 is 11.9 Å². The van der Waals surface area contributed by atoms with E-state index < -0.39 is 38.3 Å². The molecule has 3 aromatic rings. The van der Waals surface area contributed by atoms with Crippen LogP contribution in [0.4, 0.5) is 0 Å². The van der Waals surface area contributed by atoms with Crippen molar-refractivity contribution in [2.24, 2.45) is 0 Å². The summed E-state index contributed by atoms with van der Waals surface area (Å²) >= 11 is 9.48. The number of benzene rings is 3. The lowest BCUT2D eigenvalue weighted by Gasteiger charge is -2.15. The van der Waals surface area contributed by atoms with Gasteiger partial charge in [-0.2, -0.15) is 0 Å². The van der Waals surface area contributed by atoms with Gasteiger partial charge in [0, 0.05) is 10.7 Å². The molecule has 34 heavy (non-hydrogen) atoms. The molecule has 0 bridgehead atoms. The smallest absolute Gasteiger partial charge is 0.348 e. The van der Waals surface area contributed by atoms with Crippen LogP contribution in [0.3, 0.4) is 0 Å². The van der Waals surface area contributed by atoms with Gasteiger partial charge in [-0.15, -0.1) is 0 Å². The molecular formula is C20H8I5O8S-. The predicted octanol–water partition coefficient (Wildman–Crippen LogP) is 5.76. The van der Waals surface area contributed by atoms with Crippen molar-refractivity contribution in [3.8, 4) is 17.2 Å². The third kappa shape index (κ3) is 6.63. The molecule has 8 nitrogen and oxygen atoms in total. The fraction of sp³-hybridized carbons (Fsp3) is 0. The fourth-order valence-electron chi connectivity index (χ4n) is 2.69. The van der Waals surface area contributed by atoms with Gasteiger partial charge in [0.25, 0.3) is 0 Å². The summed E-state index contributed by atoms with van der Waals surface area (Å²) in [7, 11) is -4.73. The molecule has 0 aliphatic carbocycles. The maximum absolute atomic E-state index is 12.9. The van der Waals surface area contributed by atoms with Crippen molar-refractivity contribution in [1.82, 2.24) is 0 Å². The number of carbonyl (C=O) groups is 2. The molecule has 0 heterocycles. The van der Waals surface area contributed by atoms with Crippen LogP contribution in [-0.4, -0.2) is 30.0 Å². The lowest BCUT2D eigenvalue weighted by atomic mass is 10.1. The highest BCUT2D eigenvalue weighted by Crippen LogP contribution is 2.33. The van der Waals surface area contributed by atoms with E-state index in [1.54, 1.807) is 45.2 Å². The first-order valence-corrected chi connectivity index (χ1v) is 15.5. The van der Waals surface area contributed by atoms with Crippen molar-refractivity contribution < 1.29 is 37.1 Å². The summed E-state index contributed by atoms with van der Waals surface area (Å²) in [6, 6.07) is 9.93. The maximum atomic E-state index is 12.9. The van der Waals surface area contributed by atoms with Gasteiger partial charge in [0.2, 0.25) is 0 Å². The third-order valence-electron chi connectivity index (χ3n) is 4.06. The standard InChI is InChI=1S/C20H9I5O8S/c21-8-4-11(22)17(12(23)5-8)33-19(27)10-2-1-3-15(26)16(10)20(28)32-9-6-13(24)18(14(25)7-9)34(29,30)31/h1-7,26H,(H,29,30,31)/p-1. The molecule has 0 aliphatic rings. The maximum Gasteiger partial charge on any atom is 0.348 e. The van der Waals surface area contributed by atoms with E-state index in [-0.39, 0.29) is 18.5 Å². The number of rotatable bonds is 5. The summed E-state index contributed by atoms with van der Waals surface area (Å²) in [5.74, 6) is -2.21. The van der Waals surface area contributed by atoms with Crippen molar-refractivity contribution in [2.45, 2.75) is 4.90 Å². The Morgan fingerprint density at radius 2 is 1.38 bits per heavy atom. The summed E-state index contributed by atoms with van der Waals surface area (Å²) in [5.41, 5.74) is -0.646. The number of halogens is 5. The van der Waals surface area contributed by atoms with E-state index in [4.69, 9.17) is 9.47 Å². The van der Waals surface area contributed by atoms with Gasteiger partial charge in [-0.05, 0) is 149 Å². The zero-order valence-corrected chi connectivity index (χ0v) is 27.7. The number of hydrogen-bond donors (Lipinski definition) is 1. The van der Waals surface area contributed by atoms with Crippen LogP contribution >= 0.6 is 113 Å². The first kappa shape index (κ1) is 28.5. The minimum absolute atomic E-state index is 0.0575. The Kier molecular flexibility index (Phi) is 9.70. The highest BCUT2D eigenvalue weighted by atomic mass is 127. The molecule has 0 unspecified atom stereocenters. The predicted molar refractivity (Wildman–Crippen MR) is 162 cm³/mol. The molecule has 0 fully saturated rings. The molecule has 0 amide bonds. The molecule has 1 N–H and O–H groups in total. The molecule has 3 aromatic carbocycles. The minimum atomic E-state index is -4.73. The number of esters is 2. The van der Waals surface area contributed by atoms with E-state index in [1.165, 1.54) is 30.3 Å². The lowest BCUT2D eigenvalue weighted by Crippen LogP contribution is -2.18. The number of phenolic OH excluding ortho intramolecular Hbond substituents is 1. The average molecular weight is 1040 g/mol. The normalized spacial score (nSPS) is 11.2. The highest BCUT2D eigenvalue weighted by Gasteiger charge is 2.26. The van der Waals surface area contributed by atoms with Crippen LogP contribution in [0.25, 0.3) is 0 Å². The molecule has 3 rings (SSSR count). The van der Waals surface area contributed by atoms with E-state index in [0.717, 1.165) is 3.57 Å². The van der Waals surface area contributed by atoms with Gasteiger partial charge in [0.1, 0.15) is 27.2 Å². The average Bonchev–Trinajstić information content (AvgIpc) is 2.68. The molecule has 178 valence electrons. The van der Waals surface area contributed by atoms with Crippen LogP contribution in [0, 0.1) is 17.9 Å². The Hall–Kier alpha value is -0.0400. The third-order valence-corrected chi connectivity index (χ3v) is 9.66. The van der Waals surface area contributed by atoms with Crippen LogP contribution in [0.15, 0.2) is 47.4 Å². The minimum Gasteiger partial charge on any atom is -0.744 e. The van der Waals surface area contributed by atoms with Crippen molar-refractivity contribution >= 4 is 135 Å². The van der Waals surface area contributed by atoms with Gasteiger partial charge in [0.15, 0.2) is 5.75 Å². The van der Waals surface area contributed by atoms with Crippen molar-refractivity contribution in [1.29, 1.82) is 0 Å². The van der Waals surface area contributed by atoms with Gasteiger partial charge < -0.3 is 19.1 Å². The SMILES string of the molecule is O=C(Oc1c(I)cc(I)cc1I)c1cccc(O)c1C(=O)Oc1cc(I)c(S(=O)(=O)[O-])c(I)c1. The Balaban J connectivity index is 1.96. The number of aromatic hydroxyl groups is 1. The van der Waals surface area contributed by atoms with E-state index in [9.17, 15) is 27.7 Å². The Bertz CT molecular complexity index is 1390. The molecular weight excluding hydrogens is 1030 g/mol. The van der Waals surface area contributed by atoms with Crippen LogP contribution in [0.2, 0.25) is 0 Å². The van der Waals surface area contributed by atoms with E-state index in [2.05, 4.69) is 22.6 Å². The number of hydrogen-bond acceptors (Lipinski definition) is 8. The number of phenols is 1. The molecule has 0 atom stereocenters. The summed E-state index contributed by atoms with van der Waals surface area (Å²) < 4.78 is 47.6. The molecule has 0 saturated heterocycles. The van der Waals surface area contributed by atoms with E-state index in [0.29, 0.717) is 12.9 Å². The van der Waals surface area contributed by atoms with Crippen molar-refractivity contribution in [2.75, 3.05) is 0 Å². The molecule has 0 aliphatic heterocycles. The van der Waals surface area contributed by atoms with E-state index in [1.807, 2.05) is 57.3 Å². The number of ether oxygens (including phenoxy) is 2. The van der Waals surface area contributed by atoms with Gasteiger partial charge in [-0.3, -0.25) is 0 Å². The second kappa shape index (κ2) is 11.6. The Morgan fingerprint density at radius 1 is 0.824 bits per heavy atom. The van der Waals surface area contributed by atoms with Gasteiger partial charge in [-0.1, -0.05) is 6.07 Å². The van der Waals surface area contributed by atoms with E-state index >= 15 is 0 Å². The lowest BCUT2D eigenvalue weighted by molar-refractivity contribution is 0.0687. The molecule has 0 radical (unpaired) electrons. The first-order chi connectivity index (χ1) is 15.8. The summed E-state index contributed by atoms with van der Waals surface area (Å²) in [6.07, 6.45) is 0. The zero-order valence-electron chi connectivity index (χ0n) is 16.1. The van der Waals surface area contributed by atoms with Crippen molar-refractivity contribution in [3.05, 3.63) is 71.4 Å². The van der Waals surface area contributed by atoms with Crippen LogP contribution in [0.5, 0.6) is 17.2 Å². The largest absolute Gasteiger partial charge is 0.744 e. The Labute approximate surface area is 262 Å². The molecule has 0 aromatic heterocycles. The topological polar surface area (TPSA) is 130 Å². The summed E-state index contributed by atoms with van der Waals surface area (Å²) in [5, 5.41) is 10.3. The molecule has 0 spiro atoms. The van der Waals surface area contributed by atoms with Gasteiger partial charge in [-0.25, -0.2) is 18.0 Å². The van der Waals surface area contributed by atoms with Crippen LogP contribution < -0.4 is 9.47 Å². The quantitative estimate of drug-likeness (QED) is 0.148. The van der Waals surface area contributed by atoms with Crippen LogP contribution in [-0.2, 0) is 10.1 Å². The molecule has 14 heteroatoms. The second-order valence-corrected chi connectivity index (χ2v) is 13.6. The van der Waals surface area contributed by atoms with Gasteiger partial charge in [0.05, 0.1) is 17.6 Å². The highest BCUT2D eigenvalue weighted by molar-refractivity contribution is 14.1.